The molecule has 1 saturated carbocycles. The van der Waals surface area contributed by atoms with Gasteiger partial charge in [0.15, 0.2) is 0 Å². The Morgan fingerprint density at radius 2 is 1.67 bits per heavy atom. The standard InChI is InChI=1S/C26H45N7O3/c34-24(32-14-12-31(13-15-32)23-8-4-5-11-27-23)10-9-21-17-28-25(35)22-16-20(18-33(21)22)30-26(36)29-19-6-2-1-3-7-19/h19-23,27H,1-18H2,(H,28,35)(H2,29,30,36)/t20-,21-,22+,23?/m1/s1. The van der Waals surface area contributed by atoms with Crippen molar-refractivity contribution in [2.45, 2.75) is 101 Å². The van der Waals surface area contributed by atoms with E-state index in [1.807, 2.05) is 4.90 Å². The third-order valence-electron chi connectivity index (χ3n) is 8.98. The maximum atomic E-state index is 13.0. The number of carbonyl (C=O) groups excluding carboxylic acids is 3. The lowest BCUT2D eigenvalue weighted by atomic mass is 9.96. The molecule has 1 aliphatic carbocycles. The number of amides is 4. The highest BCUT2D eigenvalue weighted by Gasteiger charge is 2.44. The average Bonchev–Trinajstić information content (AvgIpc) is 3.34. The van der Waals surface area contributed by atoms with E-state index in [1.165, 1.54) is 38.5 Å². The number of fused-ring (bicyclic) bond motifs is 1. The molecule has 36 heavy (non-hydrogen) atoms. The highest BCUT2D eigenvalue weighted by molar-refractivity contribution is 5.83. The first-order valence-electron chi connectivity index (χ1n) is 14.4. The van der Waals surface area contributed by atoms with Crippen molar-refractivity contribution in [2.75, 3.05) is 45.8 Å². The lowest BCUT2D eigenvalue weighted by molar-refractivity contribution is -0.134. The summed E-state index contributed by atoms with van der Waals surface area (Å²) in [6, 6.07) is 0.0390. The van der Waals surface area contributed by atoms with E-state index in [0.29, 0.717) is 32.1 Å². The fourth-order valence-corrected chi connectivity index (χ4v) is 6.88. The molecule has 0 radical (unpaired) electrons. The molecule has 4 atom stereocenters. The summed E-state index contributed by atoms with van der Waals surface area (Å²) in [5, 5.41) is 12.9. The van der Waals surface area contributed by atoms with E-state index in [2.05, 4.69) is 31.1 Å². The molecule has 0 aromatic rings. The maximum Gasteiger partial charge on any atom is 0.315 e. The fraction of sp³-hybridized carbons (Fsp3) is 0.885. The Bertz CT molecular complexity index is 775. The molecule has 4 aliphatic heterocycles. The Balaban J connectivity index is 1.06. The molecule has 1 unspecified atom stereocenters. The number of nitrogens with one attached hydrogen (secondary N) is 4. The molecule has 10 nitrogen and oxygen atoms in total. The van der Waals surface area contributed by atoms with Gasteiger partial charge in [-0.05, 0) is 51.5 Å². The van der Waals surface area contributed by atoms with E-state index >= 15 is 0 Å². The van der Waals surface area contributed by atoms with E-state index in [1.54, 1.807) is 0 Å². The van der Waals surface area contributed by atoms with Crippen molar-refractivity contribution in [3.63, 3.8) is 0 Å². The molecule has 10 heteroatoms. The molecule has 0 aromatic carbocycles. The van der Waals surface area contributed by atoms with Crippen LogP contribution in [0, 0.1) is 0 Å². The van der Waals surface area contributed by atoms with Crippen LogP contribution in [0.2, 0.25) is 0 Å². The van der Waals surface area contributed by atoms with E-state index in [-0.39, 0.29) is 42.0 Å². The zero-order chi connectivity index (χ0) is 24.9. The molecular weight excluding hydrogens is 458 g/mol. The van der Waals surface area contributed by atoms with E-state index < -0.39 is 0 Å². The Labute approximate surface area is 215 Å². The maximum absolute atomic E-state index is 13.0. The van der Waals surface area contributed by atoms with Crippen LogP contribution in [0.3, 0.4) is 0 Å². The van der Waals surface area contributed by atoms with Crippen LogP contribution in [0.4, 0.5) is 4.79 Å². The topological polar surface area (TPSA) is 109 Å². The first-order chi connectivity index (χ1) is 17.6. The molecular formula is C26H45N7O3. The Morgan fingerprint density at radius 1 is 0.917 bits per heavy atom. The van der Waals surface area contributed by atoms with Crippen LogP contribution >= 0.6 is 0 Å². The number of hydrogen-bond acceptors (Lipinski definition) is 6. The van der Waals surface area contributed by atoms with E-state index in [9.17, 15) is 14.4 Å². The molecule has 4 N–H and O–H groups in total. The number of nitrogens with zero attached hydrogens (tertiary/aromatic N) is 3. The smallest absolute Gasteiger partial charge is 0.315 e. The minimum Gasteiger partial charge on any atom is -0.353 e. The van der Waals surface area contributed by atoms with Gasteiger partial charge in [-0.1, -0.05) is 19.3 Å². The van der Waals surface area contributed by atoms with Crippen LogP contribution in [-0.4, -0.2) is 109 Å². The minimum absolute atomic E-state index is 0.0397. The normalized spacial score (nSPS) is 32.6. The summed E-state index contributed by atoms with van der Waals surface area (Å²) in [5.74, 6) is 0.266. The van der Waals surface area contributed by atoms with Gasteiger partial charge in [0.25, 0.3) is 0 Å². The first kappa shape index (κ1) is 25.7. The van der Waals surface area contributed by atoms with Crippen LogP contribution in [-0.2, 0) is 9.59 Å². The summed E-state index contributed by atoms with van der Waals surface area (Å²) in [4.78, 5) is 44.8. The number of piperazine rings is 2. The number of hydrogen-bond donors (Lipinski definition) is 4. The molecule has 4 amide bonds. The molecule has 5 aliphatic rings. The summed E-state index contributed by atoms with van der Waals surface area (Å²) in [5.41, 5.74) is 0. The molecule has 0 spiro atoms. The SMILES string of the molecule is O=C(NC1CCCCC1)N[C@@H]1C[C@H]2C(=O)NC[C@@H](CCC(=O)N3CCN(C4CCCCN4)CC3)N2C1. The zero-order valence-corrected chi connectivity index (χ0v) is 21.7. The van der Waals surface area contributed by atoms with Crippen molar-refractivity contribution in [1.29, 1.82) is 0 Å². The van der Waals surface area contributed by atoms with Crippen molar-refractivity contribution >= 4 is 17.8 Å². The van der Waals surface area contributed by atoms with Gasteiger partial charge < -0.3 is 26.2 Å². The Morgan fingerprint density at radius 3 is 2.42 bits per heavy atom. The van der Waals surface area contributed by atoms with E-state index in [4.69, 9.17) is 0 Å². The number of carbonyl (C=O) groups is 3. The lowest BCUT2D eigenvalue weighted by Crippen LogP contribution is -2.58. The average molecular weight is 504 g/mol. The molecule has 202 valence electrons. The summed E-state index contributed by atoms with van der Waals surface area (Å²) in [7, 11) is 0. The van der Waals surface area contributed by atoms with Crippen molar-refractivity contribution in [3.8, 4) is 0 Å². The van der Waals surface area contributed by atoms with Gasteiger partial charge in [0.1, 0.15) is 0 Å². The highest BCUT2D eigenvalue weighted by Crippen LogP contribution is 2.26. The Kier molecular flexibility index (Phi) is 8.64. The number of rotatable bonds is 6. The monoisotopic (exact) mass is 503 g/mol. The van der Waals surface area contributed by atoms with Crippen LogP contribution in [0.25, 0.3) is 0 Å². The van der Waals surface area contributed by atoms with Crippen molar-refractivity contribution in [3.05, 3.63) is 0 Å². The second-order valence-electron chi connectivity index (χ2n) is 11.4. The minimum atomic E-state index is -0.217. The summed E-state index contributed by atoms with van der Waals surface area (Å²) < 4.78 is 0. The number of urea groups is 1. The quantitative estimate of drug-likeness (QED) is 0.422. The molecule has 4 saturated heterocycles. The second kappa shape index (κ2) is 12.1. The molecule has 0 aromatic heterocycles. The Hall–Kier alpha value is -1.91. The third kappa shape index (κ3) is 6.31. The van der Waals surface area contributed by atoms with Crippen molar-refractivity contribution < 1.29 is 14.4 Å². The highest BCUT2D eigenvalue weighted by atomic mass is 16.2. The van der Waals surface area contributed by atoms with Gasteiger partial charge in [0.05, 0.1) is 12.2 Å². The van der Waals surface area contributed by atoms with Crippen LogP contribution < -0.4 is 21.3 Å². The predicted octanol–water partition coefficient (Wildman–Crippen LogP) is 0.584. The van der Waals surface area contributed by atoms with Gasteiger partial charge in [-0.3, -0.25) is 19.4 Å². The molecule has 5 fully saturated rings. The van der Waals surface area contributed by atoms with Gasteiger partial charge in [-0.25, -0.2) is 4.79 Å². The lowest BCUT2D eigenvalue weighted by Gasteiger charge is -2.41. The third-order valence-corrected chi connectivity index (χ3v) is 8.98. The van der Waals surface area contributed by atoms with Gasteiger partial charge in [-0.15, -0.1) is 0 Å². The largest absolute Gasteiger partial charge is 0.353 e. The molecule has 0 bridgehead atoms. The van der Waals surface area contributed by atoms with Gasteiger partial charge >= 0.3 is 6.03 Å². The zero-order valence-electron chi connectivity index (χ0n) is 21.7. The summed E-state index contributed by atoms with van der Waals surface area (Å²) in [6.45, 7) is 5.81. The second-order valence-corrected chi connectivity index (χ2v) is 11.4. The predicted molar refractivity (Wildman–Crippen MR) is 137 cm³/mol. The van der Waals surface area contributed by atoms with Gasteiger partial charge in [0.2, 0.25) is 11.8 Å². The van der Waals surface area contributed by atoms with E-state index in [0.717, 1.165) is 52.0 Å². The van der Waals surface area contributed by atoms with Gasteiger partial charge in [0, 0.05) is 63.8 Å². The summed E-state index contributed by atoms with van der Waals surface area (Å²) >= 11 is 0. The molecule has 5 rings (SSSR count). The van der Waals surface area contributed by atoms with Gasteiger partial charge in [-0.2, -0.15) is 0 Å². The number of piperidine rings is 1. The first-order valence-corrected chi connectivity index (χ1v) is 14.4. The summed E-state index contributed by atoms with van der Waals surface area (Å²) in [6.07, 6.45) is 11.8. The van der Waals surface area contributed by atoms with Crippen molar-refractivity contribution in [2.24, 2.45) is 0 Å². The molecule has 4 heterocycles. The van der Waals surface area contributed by atoms with Crippen LogP contribution in [0.1, 0.15) is 70.6 Å². The van der Waals surface area contributed by atoms with Crippen LogP contribution in [0.15, 0.2) is 0 Å². The van der Waals surface area contributed by atoms with Crippen LogP contribution in [0.5, 0.6) is 0 Å². The van der Waals surface area contributed by atoms with Crippen molar-refractivity contribution in [1.82, 2.24) is 36.0 Å². The fourth-order valence-electron chi connectivity index (χ4n) is 6.88.